The molecule has 0 N–H and O–H groups in total. The smallest absolute Gasteiger partial charge is 0.248 e. The number of hydrogen-bond acceptors (Lipinski definition) is 5. The Morgan fingerprint density at radius 3 is 2.48 bits per heavy atom. The van der Waals surface area contributed by atoms with E-state index in [-0.39, 0.29) is 24.6 Å². The van der Waals surface area contributed by atoms with Crippen LogP contribution in [-0.2, 0) is 15.1 Å². The maximum Gasteiger partial charge on any atom is 0.248 e. The molecule has 2 bridgehead atoms. The summed E-state index contributed by atoms with van der Waals surface area (Å²) in [6, 6.07) is 9.87. The molecule has 2 aliphatic heterocycles. The maximum atomic E-state index is 13.6. The van der Waals surface area contributed by atoms with Gasteiger partial charge in [0.15, 0.2) is 11.6 Å². The first-order chi connectivity index (χ1) is 15.0. The van der Waals surface area contributed by atoms with Crippen molar-refractivity contribution < 1.29 is 18.3 Å². The minimum atomic E-state index is -0.900. The van der Waals surface area contributed by atoms with Crippen LogP contribution in [0.3, 0.4) is 0 Å². The van der Waals surface area contributed by atoms with Gasteiger partial charge in [0.1, 0.15) is 18.5 Å². The van der Waals surface area contributed by atoms with E-state index in [9.17, 15) is 13.6 Å². The second-order valence-corrected chi connectivity index (χ2v) is 8.52. The van der Waals surface area contributed by atoms with Crippen molar-refractivity contribution in [3.05, 3.63) is 59.3 Å². The van der Waals surface area contributed by atoms with E-state index in [1.54, 1.807) is 12.3 Å². The van der Waals surface area contributed by atoms with Gasteiger partial charge in [-0.2, -0.15) is 5.26 Å². The zero-order chi connectivity index (χ0) is 21.6. The average molecular weight is 424 g/mol. The maximum absolute atomic E-state index is 13.6. The Kier molecular flexibility index (Phi) is 4.86. The zero-order valence-electron chi connectivity index (χ0n) is 16.9. The predicted octanol–water partition coefficient (Wildman–Crippen LogP) is 3.12. The molecule has 1 saturated carbocycles. The van der Waals surface area contributed by atoms with Gasteiger partial charge in [-0.3, -0.25) is 4.79 Å². The van der Waals surface area contributed by atoms with Crippen LogP contribution in [0.4, 0.5) is 14.6 Å². The van der Waals surface area contributed by atoms with Crippen LogP contribution in [-0.4, -0.2) is 47.6 Å². The van der Waals surface area contributed by atoms with Gasteiger partial charge < -0.3 is 14.5 Å². The van der Waals surface area contributed by atoms with Gasteiger partial charge in [-0.1, -0.05) is 6.07 Å². The number of carbonyl (C=O) groups is 1. The molecule has 0 spiro atoms. The number of fused-ring (bicyclic) bond motifs is 2. The topological polar surface area (TPSA) is 69.5 Å². The van der Waals surface area contributed by atoms with Crippen molar-refractivity contribution in [3.63, 3.8) is 0 Å². The Balaban J connectivity index is 1.22. The lowest BCUT2D eigenvalue weighted by molar-refractivity contribution is -0.140. The number of likely N-dealkylation sites (tertiary alicyclic amines) is 1. The van der Waals surface area contributed by atoms with Gasteiger partial charge in [-0.05, 0) is 55.5 Å². The van der Waals surface area contributed by atoms with Crippen molar-refractivity contribution in [2.75, 3.05) is 24.6 Å². The number of pyridine rings is 1. The van der Waals surface area contributed by atoms with Crippen LogP contribution in [0.5, 0.6) is 0 Å². The van der Waals surface area contributed by atoms with Gasteiger partial charge in [0, 0.05) is 31.4 Å². The molecule has 0 radical (unpaired) electrons. The highest BCUT2D eigenvalue weighted by molar-refractivity contribution is 5.78. The summed E-state index contributed by atoms with van der Waals surface area (Å²) in [5, 5.41) is 8.97. The summed E-state index contributed by atoms with van der Waals surface area (Å²) in [4.78, 5) is 21.4. The number of halogens is 2. The van der Waals surface area contributed by atoms with Crippen molar-refractivity contribution in [1.82, 2.24) is 9.88 Å². The minimum absolute atomic E-state index is 0.0758. The van der Waals surface area contributed by atoms with E-state index in [1.165, 1.54) is 6.07 Å². The number of nitrogens with zero attached hydrogens (tertiary/aromatic N) is 4. The van der Waals surface area contributed by atoms with E-state index in [0.29, 0.717) is 37.1 Å². The SMILES string of the molecule is N#Cc1ccc(N2C3CC[C@H]2CN(C(=O)COC2(c4ccc(F)c(F)c4)CC2)C3)nc1. The number of carbonyl (C=O) groups excluding carboxylic acids is 1. The summed E-state index contributed by atoms with van der Waals surface area (Å²) in [5.41, 5.74) is 0.422. The molecule has 2 saturated heterocycles. The third kappa shape index (κ3) is 3.63. The third-order valence-electron chi connectivity index (χ3n) is 6.60. The highest BCUT2D eigenvalue weighted by atomic mass is 19.2. The van der Waals surface area contributed by atoms with Crippen LogP contribution in [0.2, 0.25) is 0 Å². The first-order valence-corrected chi connectivity index (χ1v) is 10.5. The quantitative estimate of drug-likeness (QED) is 0.738. The summed E-state index contributed by atoms with van der Waals surface area (Å²) in [7, 11) is 0. The monoisotopic (exact) mass is 424 g/mol. The van der Waals surface area contributed by atoms with E-state index in [2.05, 4.69) is 16.0 Å². The Morgan fingerprint density at radius 2 is 1.90 bits per heavy atom. The van der Waals surface area contributed by atoms with E-state index in [4.69, 9.17) is 10.00 Å². The summed E-state index contributed by atoms with van der Waals surface area (Å²) in [6.07, 6.45) is 4.92. The lowest BCUT2D eigenvalue weighted by Crippen LogP contribution is -2.56. The Morgan fingerprint density at radius 1 is 1.16 bits per heavy atom. The Labute approximate surface area is 179 Å². The van der Waals surface area contributed by atoms with Crippen LogP contribution in [0.1, 0.15) is 36.8 Å². The summed E-state index contributed by atoms with van der Waals surface area (Å²) in [5.74, 6) is -1.04. The molecule has 5 rings (SSSR count). The molecule has 3 heterocycles. The number of piperazine rings is 1. The molecule has 8 heteroatoms. The second-order valence-electron chi connectivity index (χ2n) is 8.52. The molecule has 6 nitrogen and oxygen atoms in total. The average Bonchev–Trinajstić information content (AvgIpc) is 3.53. The lowest BCUT2D eigenvalue weighted by atomic mass is 10.1. The molecule has 3 fully saturated rings. The molecule has 1 aromatic carbocycles. The number of nitriles is 1. The molecule has 3 aliphatic rings. The van der Waals surface area contributed by atoms with Gasteiger partial charge in [0.25, 0.3) is 0 Å². The molecule has 1 aliphatic carbocycles. The lowest BCUT2D eigenvalue weighted by Gasteiger charge is -2.41. The van der Waals surface area contributed by atoms with E-state index in [1.807, 2.05) is 11.0 Å². The van der Waals surface area contributed by atoms with Crippen LogP contribution in [0.15, 0.2) is 36.5 Å². The van der Waals surface area contributed by atoms with E-state index in [0.717, 1.165) is 30.8 Å². The number of anilines is 1. The highest BCUT2D eigenvalue weighted by Crippen LogP contribution is 2.49. The van der Waals surface area contributed by atoms with Crippen molar-refractivity contribution in [2.45, 2.75) is 43.4 Å². The molecule has 1 aromatic heterocycles. The van der Waals surface area contributed by atoms with Crippen LogP contribution in [0.25, 0.3) is 0 Å². The Hall–Kier alpha value is -3.05. The molecular formula is C23H22F2N4O2. The van der Waals surface area contributed by atoms with Crippen molar-refractivity contribution in [2.24, 2.45) is 0 Å². The molecule has 1 unspecified atom stereocenters. The van der Waals surface area contributed by atoms with Crippen molar-refractivity contribution in [1.29, 1.82) is 5.26 Å². The number of benzene rings is 1. The fraction of sp³-hybridized carbons (Fsp3) is 0.435. The zero-order valence-corrected chi connectivity index (χ0v) is 16.9. The number of amides is 1. The van der Waals surface area contributed by atoms with E-state index < -0.39 is 17.2 Å². The summed E-state index contributed by atoms with van der Waals surface area (Å²) < 4.78 is 32.8. The molecular weight excluding hydrogens is 402 g/mol. The van der Waals surface area contributed by atoms with Gasteiger partial charge in [-0.25, -0.2) is 13.8 Å². The van der Waals surface area contributed by atoms with Gasteiger partial charge >= 0.3 is 0 Å². The Bertz CT molecular complexity index is 1030. The molecule has 2 aromatic rings. The van der Waals surface area contributed by atoms with Gasteiger partial charge in [-0.15, -0.1) is 0 Å². The highest BCUT2D eigenvalue weighted by Gasteiger charge is 2.47. The normalized spacial score (nSPS) is 23.5. The van der Waals surface area contributed by atoms with Crippen LogP contribution >= 0.6 is 0 Å². The number of ether oxygens (including phenoxy) is 1. The first-order valence-electron chi connectivity index (χ1n) is 10.5. The first kappa shape index (κ1) is 19.9. The standard InChI is InChI=1S/C23H22F2N4O2/c24-19-5-2-16(9-20(19)25)23(7-8-23)31-14-22(30)28-12-17-3-4-18(13-28)29(17)21-6-1-15(10-26)11-27-21/h1-2,5-6,9,11,17-18H,3-4,7-8,12-14H2/t17-,18?/m0/s1. The number of aromatic nitrogens is 1. The minimum Gasteiger partial charge on any atom is -0.360 e. The fourth-order valence-corrected chi connectivity index (χ4v) is 4.79. The summed E-state index contributed by atoms with van der Waals surface area (Å²) in [6.45, 7) is 1.12. The molecule has 160 valence electrons. The molecule has 31 heavy (non-hydrogen) atoms. The largest absolute Gasteiger partial charge is 0.360 e. The predicted molar refractivity (Wildman–Crippen MR) is 108 cm³/mol. The molecule has 2 atom stereocenters. The third-order valence-corrected chi connectivity index (χ3v) is 6.60. The van der Waals surface area contributed by atoms with Gasteiger partial charge in [0.05, 0.1) is 11.2 Å². The molecule has 1 amide bonds. The van der Waals surface area contributed by atoms with E-state index >= 15 is 0 Å². The van der Waals surface area contributed by atoms with Crippen LogP contribution < -0.4 is 4.90 Å². The second kappa shape index (κ2) is 7.57. The number of rotatable bonds is 5. The van der Waals surface area contributed by atoms with Gasteiger partial charge in [0.2, 0.25) is 5.91 Å². The summed E-state index contributed by atoms with van der Waals surface area (Å²) >= 11 is 0. The fourth-order valence-electron chi connectivity index (χ4n) is 4.79. The van der Waals surface area contributed by atoms with Crippen molar-refractivity contribution in [3.8, 4) is 6.07 Å². The number of hydrogen-bond donors (Lipinski definition) is 0. The van der Waals surface area contributed by atoms with Crippen LogP contribution in [0, 0.1) is 23.0 Å². The van der Waals surface area contributed by atoms with Crippen molar-refractivity contribution >= 4 is 11.7 Å².